The fourth-order valence-corrected chi connectivity index (χ4v) is 2.41. The lowest BCUT2D eigenvalue weighted by Gasteiger charge is -2.06. The Balaban J connectivity index is 2.36. The molecule has 0 fully saturated rings. The Morgan fingerprint density at radius 1 is 1.24 bits per heavy atom. The number of pyridine rings is 1. The third kappa shape index (κ3) is 2.66. The maximum Gasteiger partial charge on any atom is 0.267 e. The minimum Gasteiger partial charge on any atom is -0.263 e. The summed E-state index contributed by atoms with van der Waals surface area (Å²) in [5.41, 5.74) is 0. The van der Waals surface area contributed by atoms with Crippen molar-refractivity contribution in [3.05, 3.63) is 35.9 Å². The lowest BCUT2D eigenvalue weighted by atomic mass is 10.5. The van der Waals surface area contributed by atoms with Crippen molar-refractivity contribution in [2.24, 2.45) is 0 Å². The van der Waals surface area contributed by atoms with Crippen LogP contribution in [0.25, 0.3) is 0 Å². The van der Waals surface area contributed by atoms with Gasteiger partial charge in [0, 0.05) is 12.4 Å². The number of nitrogens with zero attached hydrogens (tertiary/aromatic N) is 4. The van der Waals surface area contributed by atoms with E-state index < -0.39 is 10.0 Å². The first kappa shape index (κ1) is 11.7. The molecular formula is C8H6ClN5O2S. The predicted molar refractivity (Wildman–Crippen MR) is 59.9 cm³/mol. The molecule has 0 saturated heterocycles. The van der Waals surface area contributed by atoms with E-state index in [4.69, 9.17) is 11.6 Å². The minimum atomic E-state index is -3.85. The number of aromatic nitrogens is 4. The van der Waals surface area contributed by atoms with E-state index in [1.165, 1.54) is 24.7 Å². The van der Waals surface area contributed by atoms with Crippen LogP contribution in [-0.4, -0.2) is 28.6 Å². The number of hydrogen-bond donors (Lipinski definition) is 1. The summed E-state index contributed by atoms with van der Waals surface area (Å²) < 4.78 is 25.9. The molecule has 2 aromatic rings. The third-order valence-electron chi connectivity index (χ3n) is 1.73. The van der Waals surface area contributed by atoms with Gasteiger partial charge < -0.3 is 0 Å². The third-order valence-corrected chi connectivity index (χ3v) is 3.53. The van der Waals surface area contributed by atoms with Gasteiger partial charge in [-0.15, -0.1) is 5.10 Å². The smallest absolute Gasteiger partial charge is 0.263 e. The Kier molecular flexibility index (Phi) is 3.16. The molecule has 0 spiro atoms. The Morgan fingerprint density at radius 2 is 2.06 bits per heavy atom. The molecule has 1 N–H and O–H groups in total. The second kappa shape index (κ2) is 4.60. The lowest BCUT2D eigenvalue weighted by Crippen LogP contribution is -2.15. The van der Waals surface area contributed by atoms with Crippen molar-refractivity contribution in [1.29, 1.82) is 0 Å². The summed E-state index contributed by atoms with van der Waals surface area (Å²) >= 11 is 5.76. The number of anilines is 1. The monoisotopic (exact) mass is 271 g/mol. The Hall–Kier alpha value is -1.80. The first-order valence-electron chi connectivity index (χ1n) is 4.35. The maximum atomic E-state index is 11.9. The summed E-state index contributed by atoms with van der Waals surface area (Å²) in [5.74, 6) is -0.132. The molecule has 0 bridgehead atoms. The molecule has 2 heterocycles. The van der Waals surface area contributed by atoms with Crippen LogP contribution in [0, 0.1) is 0 Å². The molecule has 2 rings (SSSR count). The molecule has 0 aliphatic rings. The number of rotatable bonds is 3. The van der Waals surface area contributed by atoms with Crippen LogP contribution in [0.2, 0.25) is 5.02 Å². The normalized spacial score (nSPS) is 11.1. The van der Waals surface area contributed by atoms with Gasteiger partial charge in [0.25, 0.3) is 16.0 Å². The van der Waals surface area contributed by atoms with Crippen LogP contribution in [0.1, 0.15) is 0 Å². The zero-order valence-electron chi connectivity index (χ0n) is 8.28. The van der Waals surface area contributed by atoms with Gasteiger partial charge in [0.15, 0.2) is 0 Å². The SMILES string of the molecule is O=S(=O)(Nc1nccnn1)c1cnccc1Cl. The molecule has 0 aliphatic carbocycles. The molecule has 0 amide bonds. The number of hydrogen-bond acceptors (Lipinski definition) is 6. The van der Waals surface area contributed by atoms with Crippen LogP contribution in [0.4, 0.5) is 5.95 Å². The van der Waals surface area contributed by atoms with E-state index in [1.807, 2.05) is 0 Å². The lowest BCUT2D eigenvalue weighted by molar-refractivity contribution is 0.600. The fraction of sp³-hybridized carbons (Fsp3) is 0. The topological polar surface area (TPSA) is 97.7 Å². The van der Waals surface area contributed by atoms with Crippen molar-refractivity contribution < 1.29 is 8.42 Å². The van der Waals surface area contributed by atoms with Crippen molar-refractivity contribution in [1.82, 2.24) is 20.2 Å². The van der Waals surface area contributed by atoms with E-state index in [0.29, 0.717) is 0 Å². The van der Waals surface area contributed by atoms with Gasteiger partial charge in [-0.05, 0) is 6.07 Å². The van der Waals surface area contributed by atoms with Crippen LogP contribution < -0.4 is 4.72 Å². The van der Waals surface area contributed by atoms with E-state index in [9.17, 15) is 8.42 Å². The molecule has 9 heteroatoms. The molecule has 0 radical (unpaired) electrons. The largest absolute Gasteiger partial charge is 0.267 e. The van der Waals surface area contributed by atoms with Gasteiger partial charge >= 0.3 is 0 Å². The quantitative estimate of drug-likeness (QED) is 0.883. The molecular weight excluding hydrogens is 266 g/mol. The highest BCUT2D eigenvalue weighted by molar-refractivity contribution is 7.92. The highest BCUT2D eigenvalue weighted by Crippen LogP contribution is 2.20. The van der Waals surface area contributed by atoms with Crippen LogP contribution in [0.3, 0.4) is 0 Å². The molecule has 0 aromatic carbocycles. The van der Waals surface area contributed by atoms with Crippen molar-refractivity contribution in [3.8, 4) is 0 Å². The van der Waals surface area contributed by atoms with Gasteiger partial charge in [-0.1, -0.05) is 11.6 Å². The maximum absolute atomic E-state index is 11.9. The van der Waals surface area contributed by atoms with E-state index in [2.05, 4.69) is 24.9 Å². The van der Waals surface area contributed by atoms with Gasteiger partial charge in [0.05, 0.1) is 17.4 Å². The highest BCUT2D eigenvalue weighted by Gasteiger charge is 2.19. The predicted octanol–water partition coefficient (Wildman–Crippen LogP) is 0.721. The molecule has 88 valence electrons. The van der Waals surface area contributed by atoms with E-state index in [0.717, 1.165) is 6.20 Å². The van der Waals surface area contributed by atoms with Crippen molar-refractivity contribution in [2.45, 2.75) is 4.90 Å². The average molecular weight is 272 g/mol. The molecule has 17 heavy (non-hydrogen) atoms. The Labute approximate surface area is 102 Å². The van der Waals surface area contributed by atoms with Gasteiger partial charge in [-0.3, -0.25) is 4.98 Å². The Bertz CT molecular complexity index is 619. The van der Waals surface area contributed by atoms with Crippen molar-refractivity contribution in [2.75, 3.05) is 4.72 Å². The van der Waals surface area contributed by atoms with Gasteiger partial charge in [-0.2, -0.15) is 5.10 Å². The Morgan fingerprint density at radius 3 is 2.71 bits per heavy atom. The second-order valence-corrected chi connectivity index (χ2v) is 4.94. The van der Waals surface area contributed by atoms with Crippen LogP contribution in [0.5, 0.6) is 0 Å². The summed E-state index contributed by atoms with van der Waals surface area (Å²) in [6, 6.07) is 1.38. The van der Waals surface area contributed by atoms with E-state index >= 15 is 0 Å². The first-order valence-corrected chi connectivity index (χ1v) is 6.22. The van der Waals surface area contributed by atoms with E-state index in [-0.39, 0.29) is 15.9 Å². The highest BCUT2D eigenvalue weighted by atomic mass is 35.5. The summed E-state index contributed by atoms with van der Waals surface area (Å²) in [6.45, 7) is 0. The van der Waals surface area contributed by atoms with E-state index in [1.54, 1.807) is 0 Å². The summed E-state index contributed by atoms with van der Waals surface area (Å²) in [5, 5.41) is 7.07. The van der Waals surface area contributed by atoms with Crippen molar-refractivity contribution in [3.63, 3.8) is 0 Å². The first-order chi connectivity index (χ1) is 8.09. The van der Waals surface area contributed by atoms with Gasteiger partial charge in [-0.25, -0.2) is 18.1 Å². The van der Waals surface area contributed by atoms with Crippen molar-refractivity contribution >= 4 is 27.6 Å². The standard InChI is InChI=1S/C8H6ClN5O2S/c9-6-1-2-10-5-7(6)17(15,16)14-8-11-3-4-12-13-8/h1-5H,(H,11,13,14). The zero-order chi connectivity index (χ0) is 12.3. The molecule has 0 saturated carbocycles. The van der Waals surface area contributed by atoms with Crippen LogP contribution in [-0.2, 0) is 10.0 Å². The second-order valence-electron chi connectivity index (χ2n) is 2.88. The molecule has 0 unspecified atom stereocenters. The number of halogens is 1. The molecule has 2 aromatic heterocycles. The van der Waals surface area contributed by atoms with Crippen LogP contribution in [0.15, 0.2) is 35.7 Å². The average Bonchev–Trinajstić information content (AvgIpc) is 2.30. The fourth-order valence-electron chi connectivity index (χ4n) is 1.03. The number of nitrogens with one attached hydrogen (secondary N) is 1. The number of sulfonamides is 1. The summed E-state index contributed by atoms with van der Waals surface area (Å²) in [4.78, 5) is 7.24. The van der Waals surface area contributed by atoms with Gasteiger partial charge in [0.1, 0.15) is 4.90 Å². The summed E-state index contributed by atoms with van der Waals surface area (Å²) in [7, 11) is -3.85. The van der Waals surface area contributed by atoms with Crippen LogP contribution >= 0.6 is 11.6 Å². The zero-order valence-corrected chi connectivity index (χ0v) is 9.85. The summed E-state index contributed by atoms with van der Waals surface area (Å²) in [6.07, 6.45) is 5.17. The molecule has 7 nitrogen and oxygen atoms in total. The minimum absolute atomic E-state index is 0.0661. The molecule has 0 atom stereocenters. The van der Waals surface area contributed by atoms with Gasteiger partial charge in [0.2, 0.25) is 0 Å². The molecule has 0 aliphatic heterocycles.